The number of rotatable bonds is 10. The summed E-state index contributed by atoms with van der Waals surface area (Å²) in [4.78, 5) is 27.6. The Labute approximate surface area is 228 Å². The van der Waals surface area contributed by atoms with Crippen molar-refractivity contribution >= 4 is 11.9 Å². The van der Waals surface area contributed by atoms with Gasteiger partial charge in [0.1, 0.15) is 18.1 Å². The molecule has 2 N–H and O–H groups in total. The summed E-state index contributed by atoms with van der Waals surface area (Å²) in [5.41, 5.74) is 4.95. The minimum Gasteiger partial charge on any atom is -0.487 e. The van der Waals surface area contributed by atoms with Gasteiger partial charge in [0, 0.05) is 23.2 Å². The van der Waals surface area contributed by atoms with E-state index in [1.54, 1.807) is 30.3 Å². The Balaban J connectivity index is 1.54. The Morgan fingerprint density at radius 1 is 0.850 bits per heavy atom. The third-order valence-electron chi connectivity index (χ3n) is 5.84. The number of carboxylic acids is 1. The monoisotopic (exact) mass is 550 g/mol. The smallest absolute Gasteiger partial charge is 0.487 e. The van der Waals surface area contributed by atoms with Crippen LogP contribution in [-0.4, -0.2) is 34.9 Å². The fourth-order valence-corrected chi connectivity index (χ4v) is 3.83. The van der Waals surface area contributed by atoms with E-state index in [2.05, 4.69) is 10.1 Å². The number of carboxylic acid groups (broad SMARTS) is 1. The van der Waals surface area contributed by atoms with Gasteiger partial charge in [-0.05, 0) is 67.1 Å². The molecule has 0 aliphatic heterocycles. The maximum absolute atomic E-state index is 12.5. The second-order valence-corrected chi connectivity index (χ2v) is 8.84. The van der Waals surface area contributed by atoms with Crippen LogP contribution in [0.4, 0.5) is 13.2 Å². The molecule has 0 aliphatic rings. The molecule has 0 atom stereocenters. The summed E-state index contributed by atoms with van der Waals surface area (Å²) >= 11 is 0. The van der Waals surface area contributed by atoms with Gasteiger partial charge in [-0.3, -0.25) is 9.59 Å². The first kappa shape index (κ1) is 28.2. The van der Waals surface area contributed by atoms with Gasteiger partial charge in [-0.25, -0.2) is 4.98 Å². The molecule has 0 aliphatic carbocycles. The average Bonchev–Trinajstić information content (AvgIpc) is 2.92. The number of hydrogen-bond acceptors (Lipinski definition) is 5. The van der Waals surface area contributed by atoms with Gasteiger partial charge in [0.2, 0.25) is 0 Å². The molecule has 0 saturated carbocycles. The topological polar surface area (TPSA) is 97.8 Å². The fraction of sp³-hybridized carbons (Fsp3) is 0.167. The number of amides is 1. The van der Waals surface area contributed by atoms with Crippen molar-refractivity contribution in [2.75, 3.05) is 6.54 Å². The molecule has 0 bridgehead atoms. The van der Waals surface area contributed by atoms with Crippen LogP contribution in [0.2, 0.25) is 0 Å². The zero-order valence-corrected chi connectivity index (χ0v) is 21.4. The largest absolute Gasteiger partial charge is 0.573 e. The molecule has 0 saturated heterocycles. The lowest BCUT2D eigenvalue weighted by Crippen LogP contribution is -2.25. The normalized spacial score (nSPS) is 11.1. The second kappa shape index (κ2) is 12.3. The number of benzene rings is 3. The Morgan fingerprint density at radius 2 is 1.48 bits per heavy atom. The molecular weight excluding hydrogens is 525 g/mol. The maximum atomic E-state index is 12.5. The molecule has 1 aromatic heterocycles. The number of nitrogens with one attached hydrogen (secondary N) is 1. The molecule has 0 unspecified atom stereocenters. The first-order valence-corrected chi connectivity index (χ1v) is 12.2. The molecule has 206 valence electrons. The SMILES string of the molecule is Cc1ccc(-c2ccc(-c3ccc(OC(F)(F)F)cc3)nc2COc2ccc(C(=O)NCCC(=O)O)cc2)cc1. The van der Waals surface area contributed by atoms with Crippen molar-refractivity contribution in [2.24, 2.45) is 0 Å². The van der Waals surface area contributed by atoms with Gasteiger partial charge >= 0.3 is 12.3 Å². The Morgan fingerprint density at radius 3 is 2.10 bits per heavy atom. The molecule has 0 spiro atoms. The van der Waals surface area contributed by atoms with Crippen LogP contribution in [0.1, 0.15) is 28.0 Å². The van der Waals surface area contributed by atoms with E-state index in [4.69, 9.17) is 14.8 Å². The molecule has 10 heteroatoms. The Bertz CT molecular complexity index is 1470. The molecule has 4 rings (SSSR count). The Kier molecular flexibility index (Phi) is 8.68. The van der Waals surface area contributed by atoms with E-state index in [9.17, 15) is 22.8 Å². The van der Waals surface area contributed by atoms with E-state index in [0.29, 0.717) is 28.3 Å². The zero-order valence-electron chi connectivity index (χ0n) is 21.4. The van der Waals surface area contributed by atoms with Crippen molar-refractivity contribution < 1.29 is 37.3 Å². The van der Waals surface area contributed by atoms with Crippen LogP contribution in [0.25, 0.3) is 22.4 Å². The molecule has 1 amide bonds. The van der Waals surface area contributed by atoms with Crippen molar-refractivity contribution in [3.63, 3.8) is 0 Å². The number of carbonyl (C=O) groups excluding carboxylic acids is 1. The van der Waals surface area contributed by atoms with E-state index in [1.165, 1.54) is 24.3 Å². The third-order valence-corrected chi connectivity index (χ3v) is 5.84. The summed E-state index contributed by atoms with van der Waals surface area (Å²) in [6, 6.07) is 23.4. The van der Waals surface area contributed by atoms with Crippen LogP contribution >= 0.6 is 0 Å². The van der Waals surface area contributed by atoms with E-state index in [1.807, 2.05) is 37.3 Å². The van der Waals surface area contributed by atoms with Crippen molar-refractivity contribution in [3.8, 4) is 33.9 Å². The first-order valence-electron chi connectivity index (χ1n) is 12.2. The van der Waals surface area contributed by atoms with Gasteiger partial charge in [-0.1, -0.05) is 35.9 Å². The van der Waals surface area contributed by atoms with Crippen LogP contribution in [0.15, 0.2) is 84.9 Å². The summed E-state index contributed by atoms with van der Waals surface area (Å²) in [5.74, 6) is -1.23. The van der Waals surface area contributed by atoms with Crippen molar-refractivity contribution in [3.05, 3.63) is 102 Å². The molecule has 0 fully saturated rings. The molecule has 4 aromatic rings. The van der Waals surface area contributed by atoms with Gasteiger partial charge in [-0.15, -0.1) is 13.2 Å². The number of hydrogen-bond donors (Lipinski definition) is 2. The van der Waals surface area contributed by atoms with Crippen LogP contribution in [0, 0.1) is 6.92 Å². The zero-order chi connectivity index (χ0) is 28.7. The highest BCUT2D eigenvalue weighted by Crippen LogP contribution is 2.30. The lowest BCUT2D eigenvalue weighted by atomic mass is 10.0. The summed E-state index contributed by atoms with van der Waals surface area (Å²) in [7, 11) is 0. The summed E-state index contributed by atoms with van der Waals surface area (Å²) in [5, 5.41) is 11.2. The first-order chi connectivity index (χ1) is 19.1. The number of ether oxygens (including phenoxy) is 2. The Hall–Kier alpha value is -4.86. The van der Waals surface area contributed by atoms with Gasteiger partial charge < -0.3 is 19.9 Å². The summed E-state index contributed by atoms with van der Waals surface area (Å²) in [6.07, 6.45) is -4.95. The second-order valence-electron chi connectivity index (χ2n) is 8.84. The van der Waals surface area contributed by atoms with Crippen LogP contribution in [0.3, 0.4) is 0 Å². The maximum Gasteiger partial charge on any atom is 0.573 e. The van der Waals surface area contributed by atoms with Crippen molar-refractivity contribution in [1.29, 1.82) is 0 Å². The average molecular weight is 551 g/mol. The number of alkyl halides is 3. The number of pyridine rings is 1. The highest BCUT2D eigenvalue weighted by molar-refractivity contribution is 5.94. The highest BCUT2D eigenvalue weighted by Gasteiger charge is 2.31. The van der Waals surface area contributed by atoms with E-state index >= 15 is 0 Å². The molecule has 40 heavy (non-hydrogen) atoms. The fourth-order valence-electron chi connectivity index (χ4n) is 3.83. The van der Waals surface area contributed by atoms with Crippen LogP contribution < -0.4 is 14.8 Å². The van der Waals surface area contributed by atoms with Gasteiger partial charge in [-0.2, -0.15) is 0 Å². The number of halogens is 3. The number of aliphatic carboxylic acids is 1. The molecule has 7 nitrogen and oxygen atoms in total. The molecule has 3 aromatic carbocycles. The van der Waals surface area contributed by atoms with Gasteiger partial charge in [0.25, 0.3) is 5.91 Å². The predicted molar refractivity (Wildman–Crippen MR) is 142 cm³/mol. The van der Waals surface area contributed by atoms with Crippen LogP contribution in [0.5, 0.6) is 11.5 Å². The lowest BCUT2D eigenvalue weighted by Gasteiger charge is -2.14. The number of nitrogens with zero attached hydrogens (tertiary/aromatic N) is 1. The van der Waals surface area contributed by atoms with E-state index in [0.717, 1.165) is 16.7 Å². The number of aromatic nitrogens is 1. The van der Waals surface area contributed by atoms with Crippen LogP contribution in [-0.2, 0) is 11.4 Å². The van der Waals surface area contributed by atoms with E-state index in [-0.39, 0.29) is 25.3 Å². The molecule has 0 radical (unpaired) electrons. The number of carbonyl (C=O) groups is 2. The van der Waals surface area contributed by atoms with Crippen molar-refractivity contribution in [1.82, 2.24) is 10.3 Å². The lowest BCUT2D eigenvalue weighted by molar-refractivity contribution is -0.274. The van der Waals surface area contributed by atoms with Gasteiger partial charge in [0.05, 0.1) is 17.8 Å². The predicted octanol–water partition coefficient (Wildman–Crippen LogP) is 6.41. The molecular formula is C30H25F3N2O5. The minimum atomic E-state index is -4.78. The summed E-state index contributed by atoms with van der Waals surface area (Å²) in [6.45, 7) is 2.09. The van der Waals surface area contributed by atoms with E-state index < -0.39 is 18.2 Å². The molecule has 1 heterocycles. The van der Waals surface area contributed by atoms with Gasteiger partial charge in [0.15, 0.2) is 0 Å². The highest BCUT2D eigenvalue weighted by atomic mass is 19.4. The van der Waals surface area contributed by atoms with Crippen molar-refractivity contribution in [2.45, 2.75) is 26.3 Å². The quantitative estimate of drug-likeness (QED) is 0.237. The minimum absolute atomic E-state index is 0.0221. The standard InChI is InChI=1S/C30H25F3N2O5/c1-19-2-4-20(5-3-19)25-14-15-26(21-6-12-24(13-7-21)40-30(31,32)33)35-27(25)18-39-23-10-8-22(9-11-23)29(38)34-17-16-28(36)37/h2-15H,16-18H2,1H3,(H,34,38)(H,36,37). The number of aryl methyl sites for hydroxylation is 1. The third kappa shape index (κ3) is 7.83. The summed E-state index contributed by atoms with van der Waals surface area (Å²) < 4.78 is 47.5.